The van der Waals surface area contributed by atoms with Gasteiger partial charge in [0.25, 0.3) is 11.1 Å². The van der Waals surface area contributed by atoms with Gasteiger partial charge in [-0.15, -0.1) is 0 Å². The number of ether oxygens (including phenoxy) is 1. The molecule has 8 heteroatoms. The number of nitrogens with zero attached hydrogens (tertiary/aromatic N) is 2. The van der Waals surface area contributed by atoms with Gasteiger partial charge in [0, 0.05) is 48.6 Å². The second-order valence-electron chi connectivity index (χ2n) is 7.83. The topological polar surface area (TPSA) is 80.6 Å². The quantitative estimate of drug-likeness (QED) is 0.388. The first-order valence-electron chi connectivity index (χ1n) is 10.6. The zero-order valence-electron chi connectivity index (χ0n) is 18.5. The van der Waals surface area contributed by atoms with Crippen molar-refractivity contribution >= 4 is 51.5 Å². The molecular weight excluding hydrogens is 438 g/mol. The summed E-state index contributed by atoms with van der Waals surface area (Å²) in [5.74, 6) is -0.443. The molecule has 4 rings (SSSR count). The maximum atomic E-state index is 12.8. The Labute approximate surface area is 196 Å². The number of imide groups is 1. The average molecular weight is 464 g/mol. The van der Waals surface area contributed by atoms with E-state index in [2.05, 4.69) is 5.32 Å². The van der Waals surface area contributed by atoms with Crippen molar-refractivity contribution in [2.24, 2.45) is 0 Å². The van der Waals surface area contributed by atoms with E-state index in [0.717, 1.165) is 39.5 Å². The summed E-state index contributed by atoms with van der Waals surface area (Å²) in [6.07, 6.45) is 4.18. The van der Waals surface area contributed by atoms with E-state index in [1.807, 2.05) is 66.2 Å². The summed E-state index contributed by atoms with van der Waals surface area (Å²) in [4.78, 5) is 39.4. The molecular formula is C25H25N3O4S. The molecule has 1 aliphatic rings. The van der Waals surface area contributed by atoms with Crippen molar-refractivity contribution in [3.05, 3.63) is 70.8 Å². The summed E-state index contributed by atoms with van der Waals surface area (Å²) < 4.78 is 6.87. The molecule has 1 fully saturated rings. The Morgan fingerprint density at radius 3 is 2.76 bits per heavy atom. The van der Waals surface area contributed by atoms with Gasteiger partial charge in [0.15, 0.2) is 0 Å². The monoisotopic (exact) mass is 463 g/mol. The fraction of sp³-hybridized carbons (Fsp3) is 0.240. The number of benzene rings is 2. The molecule has 1 saturated heterocycles. The Balaban J connectivity index is 1.57. The zero-order valence-corrected chi connectivity index (χ0v) is 19.4. The van der Waals surface area contributed by atoms with Crippen molar-refractivity contribution < 1.29 is 19.1 Å². The summed E-state index contributed by atoms with van der Waals surface area (Å²) >= 11 is 0.939. The minimum absolute atomic E-state index is 0.126. The number of nitrogens with one attached hydrogen (secondary N) is 1. The molecule has 1 aliphatic heterocycles. The Morgan fingerprint density at radius 1 is 1.15 bits per heavy atom. The van der Waals surface area contributed by atoms with Crippen LogP contribution in [0.5, 0.6) is 0 Å². The number of hydrogen-bond acceptors (Lipinski definition) is 5. The molecule has 170 valence electrons. The van der Waals surface area contributed by atoms with Crippen molar-refractivity contribution in [2.75, 3.05) is 25.6 Å². The molecule has 3 aromatic rings. The van der Waals surface area contributed by atoms with Gasteiger partial charge in [-0.25, -0.2) is 0 Å². The van der Waals surface area contributed by atoms with Crippen LogP contribution in [-0.2, 0) is 20.9 Å². The number of carbonyl (C=O) groups is 3. The van der Waals surface area contributed by atoms with Crippen LogP contribution in [0.2, 0.25) is 0 Å². The van der Waals surface area contributed by atoms with Crippen LogP contribution in [0.25, 0.3) is 17.0 Å². The van der Waals surface area contributed by atoms with Crippen LogP contribution in [-0.4, -0.2) is 46.8 Å². The number of hydrogen-bond donors (Lipinski definition) is 1. The molecule has 0 unspecified atom stereocenters. The van der Waals surface area contributed by atoms with Crippen molar-refractivity contribution in [3.8, 4) is 0 Å². The number of rotatable bonds is 8. The molecule has 1 N–H and O–H groups in total. The third kappa shape index (κ3) is 5.18. The van der Waals surface area contributed by atoms with Gasteiger partial charge >= 0.3 is 0 Å². The van der Waals surface area contributed by atoms with Crippen molar-refractivity contribution in [1.29, 1.82) is 0 Å². The van der Waals surface area contributed by atoms with Crippen LogP contribution in [0, 0.1) is 6.92 Å². The highest BCUT2D eigenvalue weighted by Gasteiger charge is 2.34. The summed E-state index contributed by atoms with van der Waals surface area (Å²) in [6, 6.07) is 15.3. The number of methoxy groups -OCH3 is 1. The molecule has 0 bridgehead atoms. The van der Waals surface area contributed by atoms with Gasteiger partial charge in [0.1, 0.15) is 6.54 Å². The molecule has 7 nitrogen and oxygen atoms in total. The number of aromatic nitrogens is 1. The van der Waals surface area contributed by atoms with Crippen molar-refractivity contribution in [1.82, 2.24) is 9.47 Å². The fourth-order valence-electron chi connectivity index (χ4n) is 3.80. The number of carbonyl (C=O) groups excluding carboxylic acids is 3. The van der Waals surface area contributed by atoms with Crippen LogP contribution in [0.3, 0.4) is 0 Å². The third-order valence-corrected chi connectivity index (χ3v) is 6.23. The fourth-order valence-corrected chi connectivity index (χ4v) is 4.66. The third-order valence-electron chi connectivity index (χ3n) is 5.33. The van der Waals surface area contributed by atoms with Gasteiger partial charge < -0.3 is 14.6 Å². The first-order valence-corrected chi connectivity index (χ1v) is 11.5. The van der Waals surface area contributed by atoms with E-state index in [1.165, 1.54) is 4.90 Å². The summed E-state index contributed by atoms with van der Waals surface area (Å²) in [5.41, 5.74) is 3.48. The van der Waals surface area contributed by atoms with E-state index >= 15 is 0 Å². The molecule has 3 amide bonds. The second kappa shape index (κ2) is 10.1. The first-order chi connectivity index (χ1) is 16.0. The summed E-state index contributed by atoms with van der Waals surface area (Å²) in [5, 5.41) is 3.56. The minimum atomic E-state index is -0.296. The van der Waals surface area contributed by atoms with E-state index in [0.29, 0.717) is 24.5 Å². The number of thioether (sulfide) groups is 1. The highest BCUT2D eigenvalue weighted by molar-refractivity contribution is 8.18. The Kier molecular flexibility index (Phi) is 6.96. The Morgan fingerprint density at radius 2 is 1.97 bits per heavy atom. The smallest absolute Gasteiger partial charge is 0.293 e. The normalized spacial score (nSPS) is 15.1. The lowest BCUT2D eigenvalue weighted by atomic mass is 10.1. The maximum absolute atomic E-state index is 12.8. The molecule has 0 aliphatic carbocycles. The lowest BCUT2D eigenvalue weighted by Gasteiger charge is -2.11. The minimum Gasteiger partial charge on any atom is -0.385 e. The summed E-state index contributed by atoms with van der Waals surface area (Å²) in [6.45, 7) is 2.91. The second-order valence-corrected chi connectivity index (χ2v) is 8.82. The van der Waals surface area contributed by atoms with E-state index < -0.39 is 0 Å². The number of fused-ring (bicyclic) bond motifs is 1. The number of amides is 3. The predicted molar refractivity (Wildman–Crippen MR) is 131 cm³/mol. The zero-order chi connectivity index (χ0) is 23.4. The average Bonchev–Trinajstić information content (AvgIpc) is 3.26. The predicted octanol–water partition coefficient (Wildman–Crippen LogP) is 4.66. The summed E-state index contributed by atoms with van der Waals surface area (Å²) in [7, 11) is 1.59. The van der Waals surface area contributed by atoms with E-state index in [1.54, 1.807) is 13.2 Å². The highest BCUT2D eigenvalue weighted by atomic mass is 32.2. The SMILES string of the molecule is COCCCN1C(=O)S/C(=C/c2cn(CC(=O)Nc3cccc(C)c3)c3ccccc23)C1=O. The maximum Gasteiger partial charge on any atom is 0.293 e. The molecule has 0 radical (unpaired) electrons. The van der Waals surface area contributed by atoms with Crippen LogP contribution >= 0.6 is 11.8 Å². The number of para-hydroxylation sites is 1. The molecule has 33 heavy (non-hydrogen) atoms. The standard InChI is InChI=1S/C25H25N3O4S/c1-17-7-5-8-19(13-17)26-23(29)16-27-15-18(20-9-3-4-10-21(20)27)14-22-24(30)28(25(31)33-22)11-6-12-32-2/h3-5,7-10,13-15H,6,11-12,16H2,1-2H3,(H,26,29)/b22-14+. The largest absolute Gasteiger partial charge is 0.385 e. The number of anilines is 1. The first kappa shape index (κ1) is 22.8. The van der Waals surface area contributed by atoms with Crippen molar-refractivity contribution in [2.45, 2.75) is 19.9 Å². The Bertz CT molecular complexity index is 1250. The number of aryl methyl sites for hydroxylation is 1. The lowest BCUT2D eigenvalue weighted by molar-refractivity contribution is -0.122. The van der Waals surface area contributed by atoms with Crippen LogP contribution in [0.1, 0.15) is 17.5 Å². The van der Waals surface area contributed by atoms with Crippen LogP contribution in [0.4, 0.5) is 10.5 Å². The molecule has 0 spiro atoms. The van der Waals surface area contributed by atoms with Crippen molar-refractivity contribution in [3.63, 3.8) is 0 Å². The van der Waals surface area contributed by atoms with E-state index in [9.17, 15) is 14.4 Å². The van der Waals surface area contributed by atoms with Gasteiger partial charge in [-0.3, -0.25) is 19.3 Å². The van der Waals surface area contributed by atoms with Crippen LogP contribution in [0.15, 0.2) is 59.6 Å². The molecule has 0 saturated carbocycles. The van der Waals surface area contributed by atoms with E-state index in [-0.39, 0.29) is 23.6 Å². The van der Waals surface area contributed by atoms with E-state index in [4.69, 9.17) is 4.74 Å². The van der Waals surface area contributed by atoms with Gasteiger partial charge in [-0.1, -0.05) is 30.3 Å². The molecule has 2 heterocycles. The molecule has 2 aromatic carbocycles. The van der Waals surface area contributed by atoms with Gasteiger partial charge in [0.2, 0.25) is 5.91 Å². The lowest BCUT2D eigenvalue weighted by Crippen LogP contribution is -2.29. The molecule has 0 atom stereocenters. The Hall–Kier alpha value is -3.36. The van der Waals surface area contributed by atoms with Gasteiger partial charge in [-0.2, -0.15) is 0 Å². The molecule has 1 aromatic heterocycles. The van der Waals surface area contributed by atoms with Gasteiger partial charge in [0.05, 0.1) is 4.91 Å². The highest BCUT2D eigenvalue weighted by Crippen LogP contribution is 2.34. The van der Waals surface area contributed by atoms with Gasteiger partial charge in [-0.05, 0) is 54.9 Å². The van der Waals surface area contributed by atoms with Crippen LogP contribution < -0.4 is 5.32 Å².